The van der Waals surface area contributed by atoms with Gasteiger partial charge in [-0.2, -0.15) is 5.10 Å². The van der Waals surface area contributed by atoms with Crippen LogP contribution in [0.1, 0.15) is 64.4 Å². The monoisotopic (exact) mass is 321 g/mol. The molecule has 0 bridgehead atoms. The number of nitrogens with one attached hydrogen (secondary N) is 2. The summed E-state index contributed by atoms with van der Waals surface area (Å²) in [6, 6.07) is 0.406. The van der Waals surface area contributed by atoms with Gasteiger partial charge in [0.25, 0.3) is 0 Å². The second-order valence-corrected chi connectivity index (χ2v) is 7.61. The van der Waals surface area contributed by atoms with E-state index in [4.69, 9.17) is 4.99 Å². The fourth-order valence-electron chi connectivity index (χ4n) is 2.48. The second kappa shape index (κ2) is 8.37. The predicted molar refractivity (Wildman–Crippen MR) is 98.8 cm³/mol. The van der Waals surface area contributed by atoms with Crippen molar-refractivity contribution < 1.29 is 0 Å². The molecule has 1 atom stereocenters. The highest BCUT2D eigenvalue weighted by molar-refractivity contribution is 5.80. The van der Waals surface area contributed by atoms with Gasteiger partial charge in [-0.3, -0.25) is 4.68 Å². The number of guanidine groups is 1. The van der Waals surface area contributed by atoms with Gasteiger partial charge in [0.05, 0.1) is 12.2 Å². The van der Waals surface area contributed by atoms with Crippen molar-refractivity contribution in [2.24, 2.45) is 17.5 Å². The number of hydrogen-bond acceptors (Lipinski definition) is 2. The van der Waals surface area contributed by atoms with Crippen LogP contribution in [0.2, 0.25) is 0 Å². The topological polar surface area (TPSA) is 54.2 Å². The van der Waals surface area contributed by atoms with E-state index in [2.05, 4.69) is 57.3 Å². The van der Waals surface area contributed by atoms with Gasteiger partial charge in [-0.05, 0) is 46.0 Å². The van der Waals surface area contributed by atoms with Gasteiger partial charge in [-0.25, -0.2) is 4.99 Å². The third-order valence-electron chi connectivity index (χ3n) is 4.11. The molecular formula is C18H35N5. The first-order valence-electron chi connectivity index (χ1n) is 8.68. The highest BCUT2D eigenvalue weighted by atomic mass is 15.3. The molecule has 0 spiro atoms. The van der Waals surface area contributed by atoms with E-state index in [1.54, 1.807) is 0 Å². The Morgan fingerprint density at radius 2 is 1.96 bits per heavy atom. The highest BCUT2D eigenvalue weighted by Crippen LogP contribution is 2.21. The van der Waals surface area contributed by atoms with E-state index in [1.165, 1.54) is 17.7 Å². The molecule has 1 aromatic rings. The van der Waals surface area contributed by atoms with Gasteiger partial charge in [0, 0.05) is 30.9 Å². The molecule has 0 aromatic carbocycles. The molecule has 0 saturated heterocycles. The molecule has 0 aliphatic rings. The molecule has 5 nitrogen and oxygen atoms in total. The van der Waals surface area contributed by atoms with Crippen LogP contribution in [-0.4, -0.2) is 28.3 Å². The van der Waals surface area contributed by atoms with E-state index in [9.17, 15) is 0 Å². The summed E-state index contributed by atoms with van der Waals surface area (Å²) in [5.41, 5.74) is 3.83. The largest absolute Gasteiger partial charge is 0.357 e. The lowest BCUT2D eigenvalue weighted by Gasteiger charge is -2.23. The molecule has 0 amide bonds. The SMILES string of the molecule is CCNC(=NCc1c(C)nn(C)c1C)NC(C)CCC(C)(C)C. The molecule has 0 saturated carbocycles. The number of aromatic nitrogens is 2. The number of nitrogens with zero attached hydrogens (tertiary/aromatic N) is 3. The first-order chi connectivity index (χ1) is 10.6. The maximum absolute atomic E-state index is 4.74. The Bertz CT molecular complexity index is 522. The molecule has 1 rings (SSSR count). The maximum atomic E-state index is 4.74. The Labute approximate surface area is 142 Å². The standard InChI is InChI=1S/C18H35N5/c1-9-19-17(21-13(2)10-11-18(5,6)7)20-12-16-14(3)22-23(8)15(16)4/h13H,9-12H2,1-8H3,(H2,19,20,21). The lowest BCUT2D eigenvalue weighted by atomic mass is 9.89. The van der Waals surface area contributed by atoms with E-state index >= 15 is 0 Å². The predicted octanol–water partition coefficient (Wildman–Crippen LogP) is 3.31. The second-order valence-electron chi connectivity index (χ2n) is 7.61. The summed E-state index contributed by atoms with van der Waals surface area (Å²) in [6.45, 7) is 16.8. The lowest BCUT2D eigenvalue weighted by Crippen LogP contribution is -2.42. The zero-order valence-electron chi connectivity index (χ0n) is 16.2. The maximum Gasteiger partial charge on any atom is 0.191 e. The Morgan fingerprint density at radius 1 is 1.30 bits per heavy atom. The van der Waals surface area contributed by atoms with Gasteiger partial charge in [0.15, 0.2) is 5.96 Å². The van der Waals surface area contributed by atoms with Gasteiger partial charge in [-0.15, -0.1) is 0 Å². The molecule has 0 aliphatic carbocycles. The Balaban J connectivity index is 2.69. The van der Waals surface area contributed by atoms with Crippen LogP contribution in [0.3, 0.4) is 0 Å². The molecule has 0 fully saturated rings. The van der Waals surface area contributed by atoms with Crippen LogP contribution < -0.4 is 10.6 Å². The van der Waals surface area contributed by atoms with Crippen molar-refractivity contribution in [3.8, 4) is 0 Å². The summed E-state index contributed by atoms with van der Waals surface area (Å²) < 4.78 is 1.92. The van der Waals surface area contributed by atoms with Crippen molar-refractivity contribution in [1.29, 1.82) is 0 Å². The zero-order chi connectivity index (χ0) is 17.6. The summed E-state index contributed by atoms with van der Waals surface area (Å²) >= 11 is 0. The number of aryl methyl sites for hydroxylation is 2. The molecule has 1 heterocycles. The molecule has 23 heavy (non-hydrogen) atoms. The summed E-state index contributed by atoms with van der Waals surface area (Å²) in [5, 5.41) is 11.3. The zero-order valence-corrected chi connectivity index (χ0v) is 16.2. The van der Waals surface area contributed by atoms with E-state index in [0.717, 1.165) is 24.6 Å². The summed E-state index contributed by atoms with van der Waals surface area (Å²) in [6.07, 6.45) is 2.33. The van der Waals surface area contributed by atoms with Gasteiger partial charge >= 0.3 is 0 Å². The van der Waals surface area contributed by atoms with Gasteiger partial charge in [0.1, 0.15) is 0 Å². The summed E-state index contributed by atoms with van der Waals surface area (Å²) in [5.74, 6) is 0.886. The first-order valence-corrected chi connectivity index (χ1v) is 8.68. The molecule has 0 aliphatic heterocycles. The fraction of sp³-hybridized carbons (Fsp3) is 0.778. The van der Waals surface area contributed by atoms with Gasteiger partial charge in [-0.1, -0.05) is 20.8 Å². The molecule has 1 aromatic heterocycles. The fourth-order valence-corrected chi connectivity index (χ4v) is 2.48. The summed E-state index contributed by atoms with van der Waals surface area (Å²) in [4.78, 5) is 4.74. The normalized spacial score (nSPS) is 14.0. The first kappa shape index (κ1) is 19.5. The smallest absolute Gasteiger partial charge is 0.191 e. The Hall–Kier alpha value is -1.52. The molecular weight excluding hydrogens is 286 g/mol. The lowest BCUT2D eigenvalue weighted by molar-refractivity contribution is 0.346. The molecule has 0 radical (unpaired) electrons. The van der Waals surface area contributed by atoms with Crippen LogP contribution >= 0.6 is 0 Å². The highest BCUT2D eigenvalue weighted by Gasteiger charge is 2.14. The third kappa shape index (κ3) is 6.63. The van der Waals surface area contributed by atoms with Crippen molar-refractivity contribution in [1.82, 2.24) is 20.4 Å². The van der Waals surface area contributed by atoms with E-state index in [-0.39, 0.29) is 0 Å². The van der Waals surface area contributed by atoms with Crippen LogP contribution in [-0.2, 0) is 13.6 Å². The van der Waals surface area contributed by atoms with Crippen LogP contribution in [0.4, 0.5) is 0 Å². The van der Waals surface area contributed by atoms with Gasteiger partial charge in [0.2, 0.25) is 0 Å². The van der Waals surface area contributed by atoms with Crippen LogP contribution in [0, 0.1) is 19.3 Å². The van der Waals surface area contributed by atoms with Gasteiger partial charge < -0.3 is 10.6 Å². The van der Waals surface area contributed by atoms with Crippen molar-refractivity contribution in [3.63, 3.8) is 0 Å². The Morgan fingerprint density at radius 3 is 2.43 bits per heavy atom. The van der Waals surface area contributed by atoms with E-state index in [1.807, 2.05) is 18.7 Å². The molecule has 5 heteroatoms. The minimum Gasteiger partial charge on any atom is -0.357 e. The Kier molecular flexibility index (Phi) is 7.10. The summed E-state index contributed by atoms with van der Waals surface area (Å²) in [7, 11) is 1.98. The minimum absolute atomic E-state index is 0.370. The average molecular weight is 322 g/mol. The number of rotatable bonds is 6. The quantitative estimate of drug-likeness (QED) is 0.624. The molecule has 1 unspecified atom stereocenters. The van der Waals surface area contributed by atoms with E-state index < -0.39 is 0 Å². The van der Waals surface area contributed by atoms with Crippen molar-refractivity contribution in [2.45, 2.75) is 73.9 Å². The van der Waals surface area contributed by atoms with Crippen molar-refractivity contribution >= 4 is 5.96 Å². The average Bonchev–Trinajstić information content (AvgIpc) is 2.67. The van der Waals surface area contributed by atoms with Crippen molar-refractivity contribution in [2.75, 3.05) is 6.54 Å². The van der Waals surface area contributed by atoms with E-state index in [0.29, 0.717) is 18.0 Å². The number of hydrogen-bond donors (Lipinski definition) is 2. The van der Waals surface area contributed by atoms with Crippen LogP contribution in [0.5, 0.6) is 0 Å². The van der Waals surface area contributed by atoms with Crippen LogP contribution in [0.15, 0.2) is 4.99 Å². The number of aliphatic imine (C=N–C) groups is 1. The molecule has 2 N–H and O–H groups in total. The molecule has 132 valence electrons. The van der Waals surface area contributed by atoms with Crippen LogP contribution in [0.25, 0.3) is 0 Å². The third-order valence-corrected chi connectivity index (χ3v) is 4.11. The minimum atomic E-state index is 0.370. The van der Waals surface area contributed by atoms with Crippen molar-refractivity contribution in [3.05, 3.63) is 17.0 Å².